The van der Waals surface area contributed by atoms with E-state index in [2.05, 4.69) is 15.1 Å². The first-order valence-electron chi connectivity index (χ1n) is 8.30. The molecule has 2 fully saturated rings. The van der Waals surface area contributed by atoms with Gasteiger partial charge in [-0.2, -0.15) is 5.10 Å². The van der Waals surface area contributed by atoms with Crippen LogP contribution in [0.5, 0.6) is 0 Å². The van der Waals surface area contributed by atoms with Crippen LogP contribution in [0.15, 0.2) is 18.3 Å². The highest BCUT2D eigenvalue weighted by molar-refractivity contribution is 5.74. The lowest BCUT2D eigenvalue weighted by molar-refractivity contribution is 0.150. The molecule has 0 bridgehead atoms. The zero-order valence-electron chi connectivity index (χ0n) is 13.3. The van der Waals surface area contributed by atoms with Crippen molar-refractivity contribution in [2.45, 2.75) is 38.1 Å². The van der Waals surface area contributed by atoms with Crippen molar-refractivity contribution in [3.63, 3.8) is 0 Å². The largest absolute Gasteiger partial charge is 0.353 e. The van der Waals surface area contributed by atoms with Crippen molar-refractivity contribution in [3.8, 4) is 0 Å². The van der Waals surface area contributed by atoms with E-state index < -0.39 is 0 Å². The van der Waals surface area contributed by atoms with Gasteiger partial charge in [0.25, 0.3) is 0 Å². The van der Waals surface area contributed by atoms with Crippen LogP contribution in [0.3, 0.4) is 0 Å². The van der Waals surface area contributed by atoms with Crippen molar-refractivity contribution < 1.29 is 4.79 Å². The maximum Gasteiger partial charge on any atom is 0.320 e. The van der Waals surface area contributed by atoms with E-state index in [1.807, 2.05) is 29.0 Å². The van der Waals surface area contributed by atoms with E-state index in [1.165, 1.54) is 12.8 Å². The van der Waals surface area contributed by atoms with Crippen molar-refractivity contribution in [1.82, 2.24) is 20.0 Å². The van der Waals surface area contributed by atoms with Gasteiger partial charge in [0.05, 0.1) is 0 Å². The molecule has 22 heavy (non-hydrogen) atoms. The van der Waals surface area contributed by atoms with E-state index in [0.29, 0.717) is 6.04 Å². The maximum absolute atomic E-state index is 12.7. The molecular weight excluding hydrogens is 278 g/mol. The van der Waals surface area contributed by atoms with Crippen LogP contribution in [-0.4, -0.2) is 65.3 Å². The summed E-state index contributed by atoms with van der Waals surface area (Å²) in [5.74, 6) is 0.904. The molecule has 2 aliphatic rings. The quantitative estimate of drug-likeness (QED) is 0.838. The molecule has 0 spiro atoms. The molecule has 0 unspecified atom stereocenters. The molecule has 0 N–H and O–H groups in total. The third kappa shape index (κ3) is 3.31. The molecule has 2 amide bonds. The SMILES string of the molecule is CN(C(=O)N1CCCN(c2cccnn2)CC1)C1CCCC1. The fourth-order valence-electron chi connectivity index (χ4n) is 3.47. The van der Waals surface area contributed by atoms with Gasteiger partial charge in [0, 0.05) is 45.5 Å². The van der Waals surface area contributed by atoms with E-state index in [9.17, 15) is 4.79 Å². The molecule has 3 rings (SSSR count). The van der Waals surface area contributed by atoms with E-state index in [4.69, 9.17) is 0 Å². The monoisotopic (exact) mass is 303 g/mol. The summed E-state index contributed by atoms with van der Waals surface area (Å²) < 4.78 is 0. The summed E-state index contributed by atoms with van der Waals surface area (Å²) in [4.78, 5) is 18.9. The Balaban J connectivity index is 1.59. The molecule has 6 heteroatoms. The van der Waals surface area contributed by atoms with Crippen LogP contribution >= 0.6 is 0 Å². The summed E-state index contributed by atoms with van der Waals surface area (Å²) in [7, 11) is 1.96. The summed E-state index contributed by atoms with van der Waals surface area (Å²) in [5, 5.41) is 8.12. The summed E-state index contributed by atoms with van der Waals surface area (Å²) in [6.45, 7) is 3.33. The second kappa shape index (κ2) is 6.94. The smallest absolute Gasteiger partial charge is 0.320 e. The van der Waals surface area contributed by atoms with Crippen LogP contribution in [0, 0.1) is 0 Å². The molecule has 0 aromatic carbocycles. The van der Waals surface area contributed by atoms with Crippen LogP contribution in [0.1, 0.15) is 32.1 Å². The Bertz CT molecular complexity index is 489. The fourth-order valence-corrected chi connectivity index (χ4v) is 3.47. The first kappa shape index (κ1) is 15.1. The Morgan fingerprint density at radius 2 is 2.00 bits per heavy atom. The predicted octanol–water partition coefficient (Wildman–Crippen LogP) is 1.98. The summed E-state index contributed by atoms with van der Waals surface area (Å²) in [6.07, 6.45) is 7.48. The number of rotatable bonds is 2. The molecular formula is C16H25N5O. The number of hydrogen-bond donors (Lipinski definition) is 0. The Morgan fingerprint density at radius 3 is 2.73 bits per heavy atom. The van der Waals surface area contributed by atoms with Crippen LogP contribution in [0.4, 0.5) is 10.6 Å². The number of urea groups is 1. The topological polar surface area (TPSA) is 52.6 Å². The van der Waals surface area contributed by atoms with Gasteiger partial charge >= 0.3 is 6.03 Å². The standard InChI is InChI=1S/C16H25N5O/c1-19(14-6-2-3-7-14)16(22)21-11-5-10-20(12-13-21)15-8-4-9-17-18-15/h4,8-9,14H,2-3,5-7,10-13H2,1H3. The molecule has 0 radical (unpaired) electrons. The highest BCUT2D eigenvalue weighted by Gasteiger charge is 2.28. The third-order valence-electron chi connectivity index (χ3n) is 4.82. The van der Waals surface area contributed by atoms with Gasteiger partial charge in [-0.3, -0.25) is 0 Å². The normalized spacial score (nSPS) is 20.0. The third-order valence-corrected chi connectivity index (χ3v) is 4.82. The molecule has 0 atom stereocenters. The van der Waals surface area contributed by atoms with Crippen LogP contribution in [0.2, 0.25) is 0 Å². The Hall–Kier alpha value is -1.85. The van der Waals surface area contributed by atoms with Crippen LogP contribution in [0.25, 0.3) is 0 Å². The van der Waals surface area contributed by atoms with E-state index in [-0.39, 0.29) is 6.03 Å². The lowest BCUT2D eigenvalue weighted by Gasteiger charge is -2.31. The number of hydrogen-bond acceptors (Lipinski definition) is 4. The van der Waals surface area contributed by atoms with Gasteiger partial charge in [-0.1, -0.05) is 12.8 Å². The Morgan fingerprint density at radius 1 is 1.18 bits per heavy atom. The molecule has 1 aromatic heterocycles. The fraction of sp³-hybridized carbons (Fsp3) is 0.688. The number of carbonyl (C=O) groups is 1. The van der Waals surface area contributed by atoms with Crippen LogP contribution < -0.4 is 4.90 Å². The Labute approximate surface area is 132 Å². The average Bonchev–Trinajstić information content (AvgIpc) is 2.99. The maximum atomic E-state index is 12.7. The van der Waals surface area contributed by atoms with Crippen molar-refractivity contribution in [1.29, 1.82) is 0 Å². The molecule has 120 valence electrons. The Kier molecular flexibility index (Phi) is 4.75. The minimum atomic E-state index is 0.188. The van der Waals surface area contributed by atoms with Crippen molar-refractivity contribution in [3.05, 3.63) is 18.3 Å². The molecule has 1 aromatic rings. The van der Waals surface area contributed by atoms with Gasteiger partial charge in [0.2, 0.25) is 0 Å². The first-order chi connectivity index (χ1) is 10.8. The number of anilines is 1. The van der Waals surface area contributed by atoms with E-state index in [0.717, 1.165) is 51.3 Å². The van der Waals surface area contributed by atoms with Gasteiger partial charge in [0.1, 0.15) is 0 Å². The molecule has 1 aliphatic carbocycles. The first-order valence-corrected chi connectivity index (χ1v) is 8.30. The molecule has 1 saturated heterocycles. The zero-order chi connectivity index (χ0) is 15.4. The number of nitrogens with zero attached hydrogens (tertiary/aromatic N) is 5. The van der Waals surface area contributed by atoms with Gasteiger partial charge in [-0.05, 0) is 31.4 Å². The zero-order valence-corrected chi connectivity index (χ0v) is 13.3. The highest BCUT2D eigenvalue weighted by atomic mass is 16.2. The summed E-state index contributed by atoms with van der Waals surface area (Å²) >= 11 is 0. The molecule has 1 aliphatic heterocycles. The van der Waals surface area contributed by atoms with Gasteiger partial charge in [0.15, 0.2) is 5.82 Å². The summed E-state index contributed by atoms with van der Waals surface area (Å²) in [6, 6.07) is 4.51. The molecule has 2 heterocycles. The van der Waals surface area contributed by atoms with Crippen molar-refractivity contribution in [2.24, 2.45) is 0 Å². The summed E-state index contributed by atoms with van der Waals surface area (Å²) in [5.41, 5.74) is 0. The van der Waals surface area contributed by atoms with Gasteiger partial charge < -0.3 is 14.7 Å². The van der Waals surface area contributed by atoms with Crippen LogP contribution in [-0.2, 0) is 0 Å². The lowest BCUT2D eigenvalue weighted by atomic mass is 10.2. The predicted molar refractivity (Wildman–Crippen MR) is 85.9 cm³/mol. The van der Waals surface area contributed by atoms with Crippen molar-refractivity contribution in [2.75, 3.05) is 38.1 Å². The number of carbonyl (C=O) groups excluding carboxylic acids is 1. The van der Waals surface area contributed by atoms with Gasteiger partial charge in [-0.25, -0.2) is 4.79 Å². The van der Waals surface area contributed by atoms with Gasteiger partial charge in [-0.15, -0.1) is 5.10 Å². The van der Waals surface area contributed by atoms with E-state index >= 15 is 0 Å². The van der Waals surface area contributed by atoms with E-state index in [1.54, 1.807) is 6.20 Å². The average molecular weight is 303 g/mol. The lowest BCUT2D eigenvalue weighted by Crippen LogP contribution is -2.46. The highest BCUT2D eigenvalue weighted by Crippen LogP contribution is 2.23. The molecule has 1 saturated carbocycles. The second-order valence-electron chi connectivity index (χ2n) is 6.24. The number of aromatic nitrogens is 2. The minimum absolute atomic E-state index is 0.188. The minimum Gasteiger partial charge on any atom is -0.353 e. The van der Waals surface area contributed by atoms with Crippen molar-refractivity contribution >= 4 is 11.8 Å². The molecule has 6 nitrogen and oxygen atoms in total. The second-order valence-corrected chi connectivity index (χ2v) is 6.24. The number of amides is 2.